The van der Waals surface area contributed by atoms with Crippen molar-refractivity contribution in [3.05, 3.63) is 65.9 Å². The Morgan fingerprint density at radius 1 is 1.19 bits per heavy atom. The third-order valence-electron chi connectivity index (χ3n) is 9.20. The lowest BCUT2D eigenvalue weighted by molar-refractivity contribution is -0.126. The average molecular weight is 567 g/mol. The van der Waals surface area contributed by atoms with Gasteiger partial charge >= 0.3 is 6.01 Å². The van der Waals surface area contributed by atoms with Crippen LogP contribution in [-0.4, -0.2) is 82.7 Å². The summed E-state index contributed by atoms with van der Waals surface area (Å²) < 4.78 is 6.29. The summed E-state index contributed by atoms with van der Waals surface area (Å²) >= 11 is 0. The van der Waals surface area contributed by atoms with E-state index >= 15 is 0 Å². The van der Waals surface area contributed by atoms with Crippen LogP contribution in [0.15, 0.2) is 49.1 Å². The van der Waals surface area contributed by atoms with Gasteiger partial charge in [-0.15, -0.1) is 0 Å². The Morgan fingerprint density at radius 3 is 2.83 bits per heavy atom. The van der Waals surface area contributed by atoms with E-state index in [4.69, 9.17) is 14.7 Å². The fourth-order valence-electron chi connectivity index (χ4n) is 6.91. The second-order valence-electron chi connectivity index (χ2n) is 11.7. The van der Waals surface area contributed by atoms with Crippen LogP contribution in [-0.2, 0) is 17.6 Å². The molecule has 1 aliphatic carbocycles. The Labute approximate surface area is 247 Å². The summed E-state index contributed by atoms with van der Waals surface area (Å²) in [4.78, 5) is 28.6. The summed E-state index contributed by atoms with van der Waals surface area (Å²) in [6.45, 7) is 6.78. The molecule has 1 amide bonds. The number of rotatable bonds is 7. The summed E-state index contributed by atoms with van der Waals surface area (Å²) in [7, 11) is 2.13. The SMILES string of the molecule is C=CC(=O)N1CCN(c2nc(OCC3CCCN3C)nc3c2CCC(c2cc(O)cc4ccccc24)C3)C(CC#N)C1. The van der Waals surface area contributed by atoms with E-state index in [2.05, 4.69) is 35.6 Å². The number of likely N-dealkylation sites (tertiary alicyclic amines) is 1. The number of anilines is 1. The Bertz CT molecular complexity index is 1530. The summed E-state index contributed by atoms with van der Waals surface area (Å²) in [5.41, 5.74) is 3.18. The van der Waals surface area contributed by atoms with Crippen LogP contribution in [0, 0.1) is 11.3 Å². The lowest BCUT2D eigenvalue weighted by Crippen LogP contribution is -2.55. The maximum absolute atomic E-state index is 12.4. The van der Waals surface area contributed by atoms with E-state index < -0.39 is 0 Å². The van der Waals surface area contributed by atoms with E-state index in [0.29, 0.717) is 44.7 Å². The number of aromatic nitrogens is 2. The zero-order valence-corrected chi connectivity index (χ0v) is 24.2. The molecule has 0 spiro atoms. The van der Waals surface area contributed by atoms with Crippen molar-refractivity contribution < 1.29 is 14.6 Å². The first kappa shape index (κ1) is 28.0. The number of ether oxygens (including phenoxy) is 1. The first-order valence-electron chi connectivity index (χ1n) is 14.9. The summed E-state index contributed by atoms with van der Waals surface area (Å²) in [5, 5.41) is 22.4. The normalized spacial score (nSPS) is 22.5. The summed E-state index contributed by atoms with van der Waals surface area (Å²) in [5.74, 6) is 1.16. The van der Waals surface area contributed by atoms with Crippen molar-refractivity contribution in [2.45, 2.75) is 56.5 Å². The van der Waals surface area contributed by atoms with Crippen molar-refractivity contribution in [1.29, 1.82) is 5.26 Å². The lowest BCUT2D eigenvalue weighted by atomic mass is 9.80. The molecule has 9 nitrogen and oxygen atoms in total. The number of hydrogen-bond acceptors (Lipinski definition) is 8. The van der Waals surface area contributed by atoms with Gasteiger partial charge in [-0.3, -0.25) is 4.79 Å². The van der Waals surface area contributed by atoms with E-state index in [1.54, 1.807) is 4.90 Å². The molecule has 2 saturated heterocycles. The number of fused-ring (bicyclic) bond motifs is 2. The maximum atomic E-state index is 12.4. The molecule has 1 aromatic heterocycles. The molecule has 0 radical (unpaired) electrons. The van der Waals surface area contributed by atoms with Crippen LogP contribution in [0.25, 0.3) is 10.8 Å². The standard InChI is InChI=1S/C33H38N6O3/c1-3-31(41)38-15-16-39(24(20-38)12-13-34)32-28-11-10-23(29-19-26(40)17-22-7-4-5-9-27(22)29)18-30(28)35-33(36-32)42-21-25-8-6-14-37(25)2/h3-5,7,9,17,19,23-25,40H,1,6,8,10-12,14-16,18,20-21H2,2H3. The number of aromatic hydroxyl groups is 1. The first-order chi connectivity index (χ1) is 20.4. The number of nitriles is 1. The second kappa shape index (κ2) is 12.0. The third-order valence-corrected chi connectivity index (χ3v) is 9.20. The molecule has 3 aromatic rings. The Balaban J connectivity index is 1.36. The van der Waals surface area contributed by atoms with Crippen LogP contribution in [0.3, 0.4) is 0 Å². The predicted molar refractivity (Wildman–Crippen MR) is 162 cm³/mol. The number of benzene rings is 2. The smallest absolute Gasteiger partial charge is 0.318 e. The van der Waals surface area contributed by atoms with Gasteiger partial charge in [-0.25, -0.2) is 0 Å². The minimum atomic E-state index is -0.187. The maximum Gasteiger partial charge on any atom is 0.318 e. The van der Waals surface area contributed by atoms with E-state index in [-0.39, 0.29) is 30.0 Å². The minimum Gasteiger partial charge on any atom is -0.508 e. The van der Waals surface area contributed by atoms with Gasteiger partial charge in [-0.2, -0.15) is 15.2 Å². The molecule has 42 heavy (non-hydrogen) atoms. The van der Waals surface area contributed by atoms with Crippen molar-refractivity contribution in [2.75, 3.05) is 44.7 Å². The molecule has 0 bridgehead atoms. The van der Waals surface area contributed by atoms with Crippen molar-refractivity contribution in [2.24, 2.45) is 0 Å². The molecule has 3 aliphatic rings. The zero-order chi connectivity index (χ0) is 29.2. The fourth-order valence-corrected chi connectivity index (χ4v) is 6.91. The monoisotopic (exact) mass is 566 g/mol. The van der Waals surface area contributed by atoms with Gasteiger partial charge in [0.05, 0.1) is 24.2 Å². The highest BCUT2D eigenvalue weighted by molar-refractivity contribution is 5.88. The molecule has 6 rings (SSSR count). The van der Waals surface area contributed by atoms with Gasteiger partial charge in [0.15, 0.2) is 0 Å². The van der Waals surface area contributed by atoms with Gasteiger partial charge in [0.25, 0.3) is 0 Å². The molecule has 218 valence electrons. The molecular formula is C33H38N6O3. The number of phenolic OH excluding ortho intramolecular Hbond substituents is 1. The number of nitrogens with zero attached hydrogens (tertiary/aromatic N) is 6. The van der Waals surface area contributed by atoms with Crippen molar-refractivity contribution in [3.8, 4) is 17.8 Å². The quantitative estimate of drug-likeness (QED) is 0.425. The first-order valence-corrected chi connectivity index (χ1v) is 14.9. The number of carbonyl (C=O) groups excluding carboxylic acids is 1. The Morgan fingerprint density at radius 2 is 2.05 bits per heavy atom. The van der Waals surface area contributed by atoms with Crippen LogP contribution in [0.2, 0.25) is 0 Å². The highest BCUT2D eigenvalue weighted by Crippen LogP contribution is 2.41. The zero-order valence-electron chi connectivity index (χ0n) is 24.2. The molecular weight excluding hydrogens is 528 g/mol. The van der Waals surface area contributed by atoms with Gasteiger partial charge in [0, 0.05) is 31.2 Å². The molecule has 3 heterocycles. The van der Waals surface area contributed by atoms with E-state index in [9.17, 15) is 15.2 Å². The van der Waals surface area contributed by atoms with E-state index in [1.165, 1.54) is 6.08 Å². The van der Waals surface area contributed by atoms with Crippen LogP contribution in [0.1, 0.15) is 48.4 Å². The molecule has 2 fully saturated rings. The molecule has 9 heteroatoms. The molecule has 3 atom stereocenters. The lowest BCUT2D eigenvalue weighted by Gasteiger charge is -2.42. The van der Waals surface area contributed by atoms with E-state index in [0.717, 1.165) is 65.6 Å². The second-order valence-corrected chi connectivity index (χ2v) is 11.7. The van der Waals surface area contributed by atoms with E-state index in [1.807, 2.05) is 30.3 Å². The van der Waals surface area contributed by atoms with Gasteiger partial charge < -0.3 is 24.5 Å². The molecule has 2 aliphatic heterocycles. The third kappa shape index (κ3) is 5.51. The topological polar surface area (TPSA) is 106 Å². The number of likely N-dealkylation sites (N-methyl/N-ethyl adjacent to an activating group) is 1. The van der Waals surface area contributed by atoms with Crippen molar-refractivity contribution in [1.82, 2.24) is 19.8 Å². The summed E-state index contributed by atoms with van der Waals surface area (Å²) in [6.07, 6.45) is 6.23. The predicted octanol–water partition coefficient (Wildman–Crippen LogP) is 4.20. The molecule has 2 aromatic carbocycles. The molecule has 3 unspecified atom stereocenters. The van der Waals surface area contributed by atoms with Crippen LogP contribution >= 0.6 is 0 Å². The van der Waals surface area contributed by atoms with Gasteiger partial charge in [0.1, 0.15) is 18.2 Å². The average Bonchev–Trinajstić information content (AvgIpc) is 3.42. The molecule has 0 saturated carbocycles. The fraction of sp³-hybridized carbons (Fsp3) is 0.455. The summed E-state index contributed by atoms with van der Waals surface area (Å²) in [6, 6.07) is 14.7. The van der Waals surface area contributed by atoms with Gasteiger partial charge in [-0.05, 0) is 86.2 Å². The van der Waals surface area contributed by atoms with Crippen molar-refractivity contribution in [3.63, 3.8) is 0 Å². The minimum absolute atomic E-state index is 0.117. The number of hydrogen-bond donors (Lipinski definition) is 1. The highest BCUT2D eigenvalue weighted by Gasteiger charge is 2.35. The van der Waals surface area contributed by atoms with Gasteiger partial charge in [0.2, 0.25) is 5.91 Å². The Hall–Kier alpha value is -4.16. The van der Waals surface area contributed by atoms with Crippen LogP contribution in [0.4, 0.5) is 5.82 Å². The number of piperazine rings is 1. The number of carbonyl (C=O) groups is 1. The molecule has 1 N–H and O–H groups in total. The van der Waals surface area contributed by atoms with Gasteiger partial charge in [-0.1, -0.05) is 30.8 Å². The van der Waals surface area contributed by atoms with Crippen molar-refractivity contribution >= 4 is 22.5 Å². The number of amides is 1. The Kier molecular flexibility index (Phi) is 7.98. The largest absolute Gasteiger partial charge is 0.508 e. The number of phenols is 1. The van der Waals surface area contributed by atoms with Crippen LogP contribution in [0.5, 0.6) is 11.8 Å². The van der Waals surface area contributed by atoms with Crippen LogP contribution < -0.4 is 9.64 Å². The highest BCUT2D eigenvalue weighted by atomic mass is 16.5.